The Morgan fingerprint density at radius 2 is 1.27 bits per heavy atom. The van der Waals surface area contributed by atoms with Crippen molar-refractivity contribution in [2.45, 2.75) is 19.3 Å². The number of rotatable bonds is 6. The molecule has 0 rings (SSSR count). The fourth-order valence-corrected chi connectivity index (χ4v) is 0.747. The molecular weight excluding hydrogens is 132 g/mol. The van der Waals surface area contributed by atoms with Gasteiger partial charge in [0.1, 0.15) is 0 Å². The lowest BCUT2D eigenvalue weighted by Gasteiger charge is -1.99. The predicted octanol–water partition coefficient (Wildman–Crippen LogP) is 3.64. The van der Waals surface area contributed by atoms with Crippen molar-refractivity contribution in [3.63, 3.8) is 0 Å². The van der Waals surface area contributed by atoms with Crippen LogP contribution in [0.1, 0.15) is 19.3 Å². The molecule has 0 aliphatic heterocycles. The zero-order valence-corrected chi connectivity index (χ0v) is 7.10. The quantitative estimate of drug-likeness (QED) is 0.504. The first-order valence-corrected chi connectivity index (χ1v) is 3.81. The van der Waals surface area contributed by atoms with Gasteiger partial charge in [0.05, 0.1) is 0 Å². The maximum absolute atomic E-state index is 3.82. The van der Waals surface area contributed by atoms with Gasteiger partial charge in [-0.15, -0.1) is 0 Å². The van der Waals surface area contributed by atoms with Crippen molar-refractivity contribution < 1.29 is 0 Å². The Kier molecular flexibility index (Phi) is 5.18. The van der Waals surface area contributed by atoms with E-state index in [4.69, 9.17) is 0 Å². The molecule has 0 saturated heterocycles. The third-order valence-corrected chi connectivity index (χ3v) is 1.57. The lowest BCUT2D eigenvalue weighted by Crippen LogP contribution is -1.79. The van der Waals surface area contributed by atoms with Gasteiger partial charge in [0, 0.05) is 0 Å². The van der Waals surface area contributed by atoms with Gasteiger partial charge in [0.2, 0.25) is 0 Å². The molecule has 0 amide bonds. The maximum atomic E-state index is 3.82. The van der Waals surface area contributed by atoms with Crippen LogP contribution in [0.5, 0.6) is 0 Å². The second kappa shape index (κ2) is 5.72. The van der Waals surface area contributed by atoms with Crippen LogP contribution in [0.4, 0.5) is 0 Å². The largest absolute Gasteiger partial charge is 0.0988 e. The Balaban J connectivity index is 3.41. The fraction of sp³-hybridized carbons (Fsp3) is 0.273. The maximum Gasteiger partial charge on any atom is -0.0282 e. The van der Waals surface area contributed by atoms with E-state index in [1.54, 1.807) is 12.2 Å². The second-order valence-corrected chi connectivity index (χ2v) is 2.58. The molecule has 0 spiro atoms. The third-order valence-electron chi connectivity index (χ3n) is 1.57. The van der Waals surface area contributed by atoms with Gasteiger partial charge in [-0.1, -0.05) is 49.6 Å². The van der Waals surface area contributed by atoms with E-state index in [2.05, 4.69) is 26.3 Å². The average molecular weight is 148 g/mol. The first-order valence-electron chi connectivity index (χ1n) is 3.81. The first kappa shape index (κ1) is 9.96. The van der Waals surface area contributed by atoms with Crippen LogP contribution in [0.25, 0.3) is 0 Å². The van der Waals surface area contributed by atoms with E-state index in [0.717, 1.165) is 30.4 Å². The van der Waals surface area contributed by atoms with Gasteiger partial charge in [-0.2, -0.15) is 0 Å². The molecule has 0 N–H and O–H groups in total. The van der Waals surface area contributed by atoms with E-state index in [0.29, 0.717) is 0 Å². The standard InChI is InChI=1S/C11H16/c1-5-10(3)8-7-9-11(4)6-2/h5-6H,1-4,7-9H2. The first-order chi connectivity index (χ1) is 5.20. The summed E-state index contributed by atoms with van der Waals surface area (Å²) in [5, 5.41) is 0. The molecule has 0 radical (unpaired) electrons. The van der Waals surface area contributed by atoms with Gasteiger partial charge in [-0.05, 0) is 19.3 Å². The number of hydrogen-bond acceptors (Lipinski definition) is 0. The van der Waals surface area contributed by atoms with Crippen molar-refractivity contribution in [1.82, 2.24) is 0 Å². The third kappa shape index (κ3) is 5.41. The number of allylic oxidation sites excluding steroid dienone is 4. The summed E-state index contributed by atoms with van der Waals surface area (Å²) >= 11 is 0. The molecule has 0 nitrogen and oxygen atoms in total. The summed E-state index contributed by atoms with van der Waals surface area (Å²) in [4.78, 5) is 0. The Morgan fingerprint density at radius 3 is 1.55 bits per heavy atom. The average Bonchev–Trinajstić information content (AvgIpc) is 2.04. The van der Waals surface area contributed by atoms with Gasteiger partial charge in [-0.3, -0.25) is 0 Å². The predicted molar refractivity (Wildman–Crippen MR) is 52.5 cm³/mol. The Labute approximate surface area is 69.6 Å². The summed E-state index contributed by atoms with van der Waals surface area (Å²) in [5.74, 6) is 0. The monoisotopic (exact) mass is 148 g/mol. The van der Waals surface area contributed by atoms with E-state index >= 15 is 0 Å². The van der Waals surface area contributed by atoms with Crippen LogP contribution in [0.15, 0.2) is 49.6 Å². The Bertz CT molecular complexity index is 152. The molecule has 0 saturated carbocycles. The normalized spacial score (nSPS) is 8.73. The van der Waals surface area contributed by atoms with Crippen molar-refractivity contribution in [1.29, 1.82) is 0 Å². The molecule has 0 aromatic rings. The molecule has 0 aromatic carbocycles. The smallest absolute Gasteiger partial charge is 0.0282 e. The molecule has 0 bridgehead atoms. The SMILES string of the molecule is C=CC(=C)CCCC(=C)C=C. The van der Waals surface area contributed by atoms with E-state index in [1.165, 1.54) is 0 Å². The van der Waals surface area contributed by atoms with Crippen molar-refractivity contribution in [3.8, 4) is 0 Å². The highest BCUT2D eigenvalue weighted by Gasteiger charge is 1.90. The molecular formula is C11H16. The van der Waals surface area contributed by atoms with Crippen LogP contribution in [0.2, 0.25) is 0 Å². The molecule has 0 heterocycles. The van der Waals surface area contributed by atoms with Crippen molar-refractivity contribution >= 4 is 0 Å². The van der Waals surface area contributed by atoms with Crippen LogP contribution >= 0.6 is 0 Å². The highest BCUT2D eigenvalue weighted by molar-refractivity contribution is 5.13. The summed E-state index contributed by atoms with van der Waals surface area (Å²) < 4.78 is 0. The van der Waals surface area contributed by atoms with Crippen LogP contribution in [0, 0.1) is 0 Å². The van der Waals surface area contributed by atoms with Gasteiger partial charge < -0.3 is 0 Å². The summed E-state index contributed by atoms with van der Waals surface area (Å²) in [6, 6.07) is 0. The van der Waals surface area contributed by atoms with E-state index in [-0.39, 0.29) is 0 Å². The minimum atomic E-state index is 1.01. The highest BCUT2D eigenvalue weighted by Crippen LogP contribution is 2.10. The molecule has 0 heteroatoms. The minimum absolute atomic E-state index is 1.01. The van der Waals surface area contributed by atoms with Crippen molar-refractivity contribution in [3.05, 3.63) is 49.6 Å². The molecule has 0 aromatic heterocycles. The van der Waals surface area contributed by atoms with Gasteiger partial charge in [0.25, 0.3) is 0 Å². The highest BCUT2D eigenvalue weighted by atomic mass is 14.0. The molecule has 0 unspecified atom stereocenters. The lowest BCUT2D eigenvalue weighted by molar-refractivity contribution is 0.831. The summed E-state index contributed by atoms with van der Waals surface area (Å²) in [6.45, 7) is 14.9. The lowest BCUT2D eigenvalue weighted by atomic mass is 10.1. The fourth-order valence-electron chi connectivity index (χ4n) is 0.747. The molecule has 0 atom stereocenters. The van der Waals surface area contributed by atoms with Crippen LogP contribution < -0.4 is 0 Å². The van der Waals surface area contributed by atoms with E-state index < -0.39 is 0 Å². The zero-order valence-electron chi connectivity index (χ0n) is 7.10. The second-order valence-electron chi connectivity index (χ2n) is 2.58. The summed E-state index contributed by atoms with van der Waals surface area (Å²) in [6.07, 6.45) is 6.72. The molecule has 11 heavy (non-hydrogen) atoms. The van der Waals surface area contributed by atoms with Crippen molar-refractivity contribution in [2.24, 2.45) is 0 Å². The van der Waals surface area contributed by atoms with E-state index in [1.807, 2.05) is 0 Å². The molecule has 0 aliphatic rings. The van der Waals surface area contributed by atoms with Gasteiger partial charge in [-0.25, -0.2) is 0 Å². The summed E-state index contributed by atoms with van der Waals surface area (Å²) in [5.41, 5.74) is 2.20. The zero-order chi connectivity index (χ0) is 8.69. The van der Waals surface area contributed by atoms with Crippen LogP contribution in [-0.2, 0) is 0 Å². The Morgan fingerprint density at radius 1 is 0.909 bits per heavy atom. The number of hydrogen-bond donors (Lipinski definition) is 0. The topological polar surface area (TPSA) is 0 Å². The molecule has 60 valence electrons. The summed E-state index contributed by atoms with van der Waals surface area (Å²) in [7, 11) is 0. The molecule has 0 aliphatic carbocycles. The Hall–Kier alpha value is -1.04. The van der Waals surface area contributed by atoms with Crippen LogP contribution in [-0.4, -0.2) is 0 Å². The minimum Gasteiger partial charge on any atom is -0.0988 e. The van der Waals surface area contributed by atoms with Gasteiger partial charge >= 0.3 is 0 Å². The molecule has 0 fully saturated rings. The van der Waals surface area contributed by atoms with Crippen molar-refractivity contribution in [2.75, 3.05) is 0 Å². The van der Waals surface area contributed by atoms with E-state index in [9.17, 15) is 0 Å². The van der Waals surface area contributed by atoms with Crippen LogP contribution in [0.3, 0.4) is 0 Å². The van der Waals surface area contributed by atoms with Gasteiger partial charge in [0.15, 0.2) is 0 Å².